The Balaban J connectivity index is -0.0000000973. The fraction of sp³-hybridized carbons (Fsp3) is 0.500. The summed E-state index contributed by atoms with van der Waals surface area (Å²) in [6.45, 7) is 9.69. The Morgan fingerprint density at radius 3 is 1.14 bits per heavy atom. The molecule has 0 aromatic carbocycles. The third-order valence-corrected chi connectivity index (χ3v) is 1.82. The van der Waals surface area contributed by atoms with E-state index in [1.807, 2.05) is 0 Å². The summed E-state index contributed by atoms with van der Waals surface area (Å²) >= 11 is 0. The Kier molecular flexibility index (Phi) is 22.1. The fourth-order valence-corrected chi connectivity index (χ4v) is 0.850. The Bertz CT molecular complexity index is 350. The van der Waals surface area contributed by atoms with Crippen molar-refractivity contribution < 1.29 is 51.4 Å². The first-order valence-electron chi connectivity index (χ1n) is 5.74. The minimum atomic E-state index is -0.833. The van der Waals surface area contributed by atoms with E-state index in [2.05, 4.69) is 26.8 Å². The zero-order chi connectivity index (χ0) is 16.9. The number of hydrogen-bond donors (Lipinski definition) is 3. The average molecular weight is 335 g/mol. The number of carboxylic acids is 3. The first-order valence-corrected chi connectivity index (χ1v) is 5.74. The Morgan fingerprint density at radius 2 is 1.10 bits per heavy atom. The smallest absolute Gasteiger partial charge is 0.300 e. The molecule has 1 rings (SSSR count). The van der Waals surface area contributed by atoms with E-state index in [-0.39, 0.29) is 21.7 Å². The Labute approximate surface area is 140 Å². The van der Waals surface area contributed by atoms with Crippen molar-refractivity contribution in [3.8, 4) is 0 Å². The first-order chi connectivity index (χ1) is 8.91. The van der Waals surface area contributed by atoms with Gasteiger partial charge in [-0.1, -0.05) is 13.8 Å². The van der Waals surface area contributed by atoms with Crippen LogP contribution in [0.3, 0.4) is 0 Å². The van der Waals surface area contributed by atoms with Gasteiger partial charge < -0.3 is 15.3 Å². The summed E-state index contributed by atoms with van der Waals surface area (Å²) in [5.74, 6) is -2.50. The minimum absolute atomic E-state index is 0. The van der Waals surface area contributed by atoms with E-state index in [0.29, 0.717) is 0 Å². The standard InChI is InChI=1S/C8H11.3C2H4O2.Ti/c1-6-4-5-7(2)8(6)3;3*1-2(3)4;/h4H2,1-3H3;3*1H3,(H,3,4);/q-1;;;;. The Hall–Kier alpha value is -1.40. The molecule has 6 nitrogen and oxygen atoms in total. The van der Waals surface area contributed by atoms with Gasteiger partial charge in [-0.15, -0.1) is 13.3 Å². The molecule has 0 atom stereocenters. The van der Waals surface area contributed by atoms with Gasteiger partial charge >= 0.3 is 0 Å². The maximum atomic E-state index is 9.00. The predicted molar refractivity (Wildman–Crippen MR) is 75.4 cm³/mol. The molecule has 1 aliphatic carbocycles. The predicted octanol–water partition coefficient (Wildman–Crippen LogP) is 2.75. The average Bonchev–Trinajstić information content (AvgIpc) is 2.47. The third kappa shape index (κ3) is 38.1. The van der Waals surface area contributed by atoms with E-state index < -0.39 is 17.9 Å². The molecule has 0 saturated carbocycles. The van der Waals surface area contributed by atoms with Crippen molar-refractivity contribution in [2.75, 3.05) is 0 Å². The van der Waals surface area contributed by atoms with Gasteiger partial charge in [-0.2, -0.15) is 11.1 Å². The number of allylic oxidation sites excluding steroid dienone is 4. The first kappa shape index (κ1) is 27.9. The van der Waals surface area contributed by atoms with Gasteiger partial charge in [-0.3, -0.25) is 20.5 Å². The second-order valence-corrected chi connectivity index (χ2v) is 3.94. The summed E-state index contributed by atoms with van der Waals surface area (Å²) < 4.78 is 0. The summed E-state index contributed by atoms with van der Waals surface area (Å²) in [6, 6.07) is 0. The van der Waals surface area contributed by atoms with Crippen LogP contribution in [0.1, 0.15) is 48.0 Å². The van der Waals surface area contributed by atoms with Crippen LogP contribution in [0.15, 0.2) is 16.7 Å². The van der Waals surface area contributed by atoms with Crippen molar-refractivity contribution in [3.63, 3.8) is 0 Å². The summed E-state index contributed by atoms with van der Waals surface area (Å²) in [4.78, 5) is 27.0. The van der Waals surface area contributed by atoms with Crippen LogP contribution < -0.4 is 0 Å². The fourth-order valence-electron chi connectivity index (χ4n) is 0.850. The maximum Gasteiger partial charge on any atom is 0.300 e. The van der Waals surface area contributed by atoms with Gasteiger partial charge in [0.15, 0.2) is 0 Å². The molecule has 3 N–H and O–H groups in total. The quantitative estimate of drug-likeness (QED) is 0.463. The van der Waals surface area contributed by atoms with E-state index in [1.165, 1.54) is 16.7 Å². The molecular formula is C14H23O6Ti-. The molecule has 0 aliphatic heterocycles. The van der Waals surface area contributed by atoms with Crippen LogP contribution in [0.4, 0.5) is 0 Å². The summed E-state index contributed by atoms with van der Waals surface area (Å²) in [5, 5.41) is 22.2. The van der Waals surface area contributed by atoms with Crippen molar-refractivity contribution in [3.05, 3.63) is 22.8 Å². The molecule has 0 radical (unpaired) electrons. The van der Waals surface area contributed by atoms with Crippen LogP contribution in [-0.2, 0) is 36.1 Å². The molecule has 0 aromatic rings. The van der Waals surface area contributed by atoms with Gasteiger partial charge in [0.05, 0.1) is 0 Å². The van der Waals surface area contributed by atoms with Crippen molar-refractivity contribution >= 4 is 17.9 Å². The van der Waals surface area contributed by atoms with Gasteiger partial charge in [0.25, 0.3) is 17.9 Å². The molecular weight excluding hydrogens is 312 g/mol. The van der Waals surface area contributed by atoms with E-state index in [9.17, 15) is 0 Å². The van der Waals surface area contributed by atoms with Gasteiger partial charge in [0.2, 0.25) is 0 Å². The van der Waals surface area contributed by atoms with Gasteiger partial charge in [0.1, 0.15) is 0 Å². The normalized spacial score (nSPS) is 11.0. The van der Waals surface area contributed by atoms with Crippen molar-refractivity contribution in [1.29, 1.82) is 0 Å². The van der Waals surface area contributed by atoms with E-state index in [0.717, 1.165) is 27.2 Å². The monoisotopic (exact) mass is 335 g/mol. The molecule has 1 aliphatic rings. The van der Waals surface area contributed by atoms with E-state index in [4.69, 9.17) is 29.7 Å². The Morgan fingerprint density at radius 1 is 0.857 bits per heavy atom. The zero-order valence-corrected chi connectivity index (χ0v) is 14.8. The zero-order valence-electron chi connectivity index (χ0n) is 13.3. The summed E-state index contributed by atoms with van der Waals surface area (Å²) in [5.41, 5.74) is 4.25. The molecule has 0 bridgehead atoms. The van der Waals surface area contributed by atoms with Gasteiger partial charge in [0, 0.05) is 42.5 Å². The molecule has 7 heteroatoms. The molecule has 0 saturated heterocycles. The second-order valence-electron chi connectivity index (χ2n) is 3.94. The van der Waals surface area contributed by atoms with Crippen LogP contribution in [0.5, 0.6) is 0 Å². The van der Waals surface area contributed by atoms with E-state index >= 15 is 0 Å². The number of carboxylic acid groups (broad SMARTS) is 3. The van der Waals surface area contributed by atoms with Crippen LogP contribution >= 0.6 is 0 Å². The van der Waals surface area contributed by atoms with E-state index in [1.54, 1.807) is 0 Å². The molecule has 0 aromatic heterocycles. The number of rotatable bonds is 0. The largest absolute Gasteiger partial charge is 0.481 e. The number of carbonyl (C=O) groups is 3. The molecule has 0 fully saturated rings. The van der Waals surface area contributed by atoms with Crippen molar-refractivity contribution in [2.45, 2.75) is 48.0 Å². The SMILES string of the molecule is CC(=O)O.CC(=O)O.CC(=O)O.CC1=[C-]CC(C)=C1C.[Ti]. The number of hydrogen-bond acceptors (Lipinski definition) is 3. The van der Waals surface area contributed by atoms with Gasteiger partial charge in [-0.05, 0) is 0 Å². The summed E-state index contributed by atoms with van der Waals surface area (Å²) in [7, 11) is 0. The van der Waals surface area contributed by atoms with Crippen LogP contribution in [0.2, 0.25) is 0 Å². The van der Waals surface area contributed by atoms with Crippen LogP contribution in [0, 0.1) is 6.08 Å². The number of aliphatic carboxylic acids is 3. The molecule has 21 heavy (non-hydrogen) atoms. The molecule has 120 valence electrons. The molecule has 0 heterocycles. The molecule has 0 unspecified atom stereocenters. The molecule has 0 spiro atoms. The maximum absolute atomic E-state index is 9.00. The van der Waals surface area contributed by atoms with Gasteiger partial charge in [-0.25, -0.2) is 5.57 Å². The second kappa shape index (κ2) is 16.7. The van der Waals surface area contributed by atoms with Crippen molar-refractivity contribution in [2.24, 2.45) is 0 Å². The summed E-state index contributed by atoms with van der Waals surface area (Å²) in [6.07, 6.45) is 4.31. The van der Waals surface area contributed by atoms with Crippen molar-refractivity contribution in [1.82, 2.24) is 0 Å². The molecule has 0 amide bonds. The van der Waals surface area contributed by atoms with Crippen LogP contribution in [-0.4, -0.2) is 33.2 Å². The topological polar surface area (TPSA) is 112 Å². The minimum Gasteiger partial charge on any atom is -0.481 e. The third-order valence-electron chi connectivity index (χ3n) is 1.82. The van der Waals surface area contributed by atoms with Crippen LogP contribution in [0.25, 0.3) is 0 Å².